The first-order valence-corrected chi connectivity index (χ1v) is 7.40. The van der Waals surface area contributed by atoms with E-state index < -0.39 is 11.8 Å². The predicted octanol–water partition coefficient (Wildman–Crippen LogP) is 1.55. The minimum atomic E-state index is -0.582. The second-order valence-electron chi connectivity index (χ2n) is 4.88. The van der Waals surface area contributed by atoms with Gasteiger partial charge in [-0.2, -0.15) is 0 Å². The minimum absolute atomic E-state index is 0.462. The Bertz CT molecular complexity index is 507. The summed E-state index contributed by atoms with van der Waals surface area (Å²) in [4.78, 5) is 28.0. The van der Waals surface area contributed by atoms with Gasteiger partial charge in [0.25, 0.3) is 0 Å². The van der Waals surface area contributed by atoms with Crippen molar-refractivity contribution in [3.63, 3.8) is 0 Å². The maximum Gasteiger partial charge on any atom is 0.313 e. The third-order valence-electron chi connectivity index (χ3n) is 3.32. The zero-order valence-electron chi connectivity index (χ0n) is 11.4. The Labute approximate surface area is 127 Å². The quantitative estimate of drug-likeness (QED) is 0.790. The molecule has 1 heterocycles. The van der Waals surface area contributed by atoms with Gasteiger partial charge < -0.3 is 15.1 Å². The molecule has 1 saturated heterocycles. The standard InChI is InChI=1S/C14H18BrN3O2/c1-17-7-4-8-18(10-9-17)14(20)13(19)16-12-6-3-2-5-11(12)15/h2-3,5-6H,4,7-10H2,1H3,(H,16,19). The zero-order valence-corrected chi connectivity index (χ0v) is 13.0. The number of benzene rings is 1. The summed E-state index contributed by atoms with van der Waals surface area (Å²) in [5.74, 6) is -1.04. The fraction of sp³-hybridized carbons (Fsp3) is 0.429. The highest BCUT2D eigenvalue weighted by molar-refractivity contribution is 9.10. The molecule has 1 aliphatic heterocycles. The SMILES string of the molecule is CN1CCCN(C(=O)C(=O)Nc2ccccc2Br)CC1. The molecule has 20 heavy (non-hydrogen) atoms. The molecule has 1 aromatic rings. The average Bonchev–Trinajstić information content (AvgIpc) is 2.65. The Hall–Kier alpha value is -1.40. The maximum absolute atomic E-state index is 12.2. The summed E-state index contributed by atoms with van der Waals surface area (Å²) in [5, 5.41) is 2.65. The van der Waals surface area contributed by atoms with Crippen LogP contribution in [0.1, 0.15) is 6.42 Å². The molecule has 108 valence electrons. The van der Waals surface area contributed by atoms with Crippen molar-refractivity contribution >= 4 is 33.4 Å². The van der Waals surface area contributed by atoms with Gasteiger partial charge in [-0.3, -0.25) is 9.59 Å². The molecule has 1 aromatic carbocycles. The highest BCUT2D eigenvalue weighted by Gasteiger charge is 2.23. The van der Waals surface area contributed by atoms with Crippen molar-refractivity contribution in [2.45, 2.75) is 6.42 Å². The molecule has 0 aliphatic carbocycles. The number of carbonyl (C=O) groups excluding carboxylic acids is 2. The molecule has 6 heteroatoms. The van der Waals surface area contributed by atoms with Gasteiger partial charge in [-0.25, -0.2) is 0 Å². The van der Waals surface area contributed by atoms with Crippen molar-refractivity contribution in [3.05, 3.63) is 28.7 Å². The number of amides is 2. The third-order valence-corrected chi connectivity index (χ3v) is 4.01. The van der Waals surface area contributed by atoms with E-state index in [9.17, 15) is 9.59 Å². The first-order valence-electron chi connectivity index (χ1n) is 6.61. The molecule has 1 aliphatic rings. The first-order chi connectivity index (χ1) is 9.58. The lowest BCUT2D eigenvalue weighted by Gasteiger charge is -2.20. The van der Waals surface area contributed by atoms with E-state index in [0.717, 1.165) is 24.0 Å². The van der Waals surface area contributed by atoms with Crippen molar-refractivity contribution in [1.29, 1.82) is 0 Å². The van der Waals surface area contributed by atoms with Crippen LogP contribution in [0.2, 0.25) is 0 Å². The Balaban J connectivity index is 1.98. The molecule has 0 atom stereocenters. The summed E-state index contributed by atoms with van der Waals surface area (Å²) < 4.78 is 0.761. The molecule has 0 aromatic heterocycles. The van der Waals surface area contributed by atoms with E-state index in [1.165, 1.54) is 0 Å². The topological polar surface area (TPSA) is 52.7 Å². The third kappa shape index (κ3) is 3.80. The van der Waals surface area contributed by atoms with Gasteiger partial charge in [0, 0.05) is 24.1 Å². The van der Waals surface area contributed by atoms with E-state index >= 15 is 0 Å². The maximum atomic E-state index is 12.2. The fourth-order valence-corrected chi connectivity index (χ4v) is 2.52. The number of hydrogen-bond donors (Lipinski definition) is 1. The molecular weight excluding hydrogens is 322 g/mol. The van der Waals surface area contributed by atoms with Crippen molar-refractivity contribution in [2.75, 3.05) is 38.5 Å². The minimum Gasteiger partial charge on any atom is -0.333 e. The van der Waals surface area contributed by atoms with Gasteiger partial charge in [0.1, 0.15) is 0 Å². The van der Waals surface area contributed by atoms with Gasteiger partial charge in [-0.05, 0) is 48.1 Å². The highest BCUT2D eigenvalue weighted by atomic mass is 79.9. The molecular formula is C14H18BrN3O2. The summed E-state index contributed by atoms with van der Waals surface area (Å²) in [7, 11) is 2.02. The van der Waals surface area contributed by atoms with Crippen molar-refractivity contribution < 1.29 is 9.59 Å². The summed E-state index contributed by atoms with van der Waals surface area (Å²) in [6, 6.07) is 7.24. The van der Waals surface area contributed by atoms with Crippen LogP contribution < -0.4 is 5.32 Å². The molecule has 5 nitrogen and oxygen atoms in total. The smallest absolute Gasteiger partial charge is 0.313 e. The van der Waals surface area contributed by atoms with Crippen LogP contribution in [0.4, 0.5) is 5.69 Å². The van der Waals surface area contributed by atoms with Crippen LogP contribution in [0.15, 0.2) is 28.7 Å². The van der Waals surface area contributed by atoms with Gasteiger partial charge in [0.2, 0.25) is 0 Å². The Morgan fingerprint density at radius 3 is 2.65 bits per heavy atom. The molecule has 0 saturated carbocycles. The van der Waals surface area contributed by atoms with Crippen LogP contribution in [0.3, 0.4) is 0 Å². The van der Waals surface area contributed by atoms with E-state index in [1.54, 1.807) is 11.0 Å². The second kappa shape index (κ2) is 6.85. The normalized spacial score (nSPS) is 16.6. The molecule has 0 spiro atoms. The van der Waals surface area contributed by atoms with Crippen LogP contribution in [0, 0.1) is 0 Å². The highest BCUT2D eigenvalue weighted by Crippen LogP contribution is 2.21. The number of nitrogens with one attached hydrogen (secondary N) is 1. The van der Waals surface area contributed by atoms with Gasteiger partial charge in [-0.1, -0.05) is 12.1 Å². The number of rotatable bonds is 1. The molecule has 2 amide bonds. The molecule has 2 rings (SSSR count). The van der Waals surface area contributed by atoms with E-state index in [4.69, 9.17) is 0 Å². The molecule has 0 unspecified atom stereocenters. The zero-order chi connectivity index (χ0) is 14.5. The molecule has 0 radical (unpaired) electrons. The van der Waals surface area contributed by atoms with Crippen LogP contribution in [-0.2, 0) is 9.59 Å². The van der Waals surface area contributed by atoms with Gasteiger partial charge >= 0.3 is 11.8 Å². The van der Waals surface area contributed by atoms with E-state index in [-0.39, 0.29) is 0 Å². The summed E-state index contributed by atoms with van der Waals surface area (Å²) >= 11 is 3.34. The van der Waals surface area contributed by atoms with E-state index in [1.807, 2.05) is 25.2 Å². The Morgan fingerprint density at radius 2 is 1.90 bits per heavy atom. The average molecular weight is 340 g/mol. The predicted molar refractivity (Wildman–Crippen MR) is 81.5 cm³/mol. The van der Waals surface area contributed by atoms with Crippen molar-refractivity contribution in [3.8, 4) is 0 Å². The number of para-hydroxylation sites is 1. The van der Waals surface area contributed by atoms with Crippen LogP contribution in [-0.4, -0.2) is 54.8 Å². The lowest BCUT2D eigenvalue weighted by Crippen LogP contribution is -2.41. The number of hydrogen-bond acceptors (Lipinski definition) is 3. The molecule has 0 bridgehead atoms. The number of carbonyl (C=O) groups is 2. The number of nitrogens with zero attached hydrogens (tertiary/aromatic N) is 2. The molecule has 1 N–H and O–H groups in total. The molecule has 1 fully saturated rings. The fourth-order valence-electron chi connectivity index (χ4n) is 2.13. The van der Waals surface area contributed by atoms with E-state index in [0.29, 0.717) is 18.8 Å². The van der Waals surface area contributed by atoms with Gasteiger partial charge in [0.05, 0.1) is 5.69 Å². The Morgan fingerprint density at radius 1 is 1.15 bits per heavy atom. The van der Waals surface area contributed by atoms with E-state index in [2.05, 4.69) is 26.1 Å². The van der Waals surface area contributed by atoms with Gasteiger partial charge in [-0.15, -0.1) is 0 Å². The number of anilines is 1. The van der Waals surface area contributed by atoms with Crippen molar-refractivity contribution in [1.82, 2.24) is 9.80 Å². The summed E-state index contributed by atoms with van der Waals surface area (Å²) in [6.07, 6.45) is 0.893. The van der Waals surface area contributed by atoms with Crippen LogP contribution in [0.25, 0.3) is 0 Å². The summed E-state index contributed by atoms with van der Waals surface area (Å²) in [6.45, 7) is 2.98. The number of likely N-dealkylation sites (N-methyl/N-ethyl adjacent to an activating group) is 1. The monoisotopic (exact) mass is 339 g/mol. The number of halogens is 1. The van der Waals surface area contributed by atoms with Crippen LogP contribution in [0.5, 0.6) is 0 Å². The second-order valence-corrected chi connectivity index (χ2v) is 5.74. The van der Waals surface area contributed by atoms with Gasteiger partial charge in [0.15, 0.2) is 0 Å². The first kappa shape index (κ1) is 15.0. The Kier molecular flexibility index (Phi) is 5.14. The van der Waals surface area contributed by atoms with Crippen molar-refractivity contribution in [2.24, 2.45) is 0 Å². The van der Waals surface area contributed by atoms with Crippen LogP contribution >= 0.6 is 15.9 Å². The lowest BCUT2D eigenvalue weighted by atomic mass is 10.3. The summed E-state index contributed by atoms with van der Waals surface area (Å²) in [5.41, 5.74) is 0.609. The lowest BCUT2D eigenvalue weighted by molar-refractivity contribution is -0.143. The largest absolute Gasteiger partial charge is 0.333 e.